The minimum Gasteiger partial charge on any atom is -0.479 e. The molecule has 10 heteroatoms. The van der Waals surface area contributed by atoms with Gasteiger partial charge in [-0.3, -0.25) is 15.0 Å². The molecule has 9 nitrogen and oxygen atoms in total. The second-order valence-electron chi connectivity index (χ2n) is 6.22. The molecule has 2 rings (SSSR count). The first-order chi connectivity index (χ1) is 13.7. The molecule has 0 fully saturated rings. The summed E-state index contributed by atoms with van der Waals surface area (Å²) in [5, 5.41) is 22.2. The minimum absolute atomic E-state index is 0.0932. The van der Waals surface area contributed by atoms with Crippen LogP contribution in [0.25, 0.3) is 5.57 Å². The predicted octanol–water partition coefficient (Wildman–Crippen LogP) is 1.72. The van der Waals surface area contributed by atoms with Crippen LogP contribution in [0.15, 0.2) is 57.3 Å². The minimum atomic E-state index is -1.73. The van der Waals surface area contributed by atoms with Crippen LogP contribution in [-0.4, -0.2) is 44.9 Å². The number of carbonyl (C=O) groups is 2. The van der Waals surface area contributed by atoms with Gasteiger partial charge in [-0.1, -0.05) is 42.4 Å². The Balaban J connectivity index is 2.16. The molecule has 1 amide bonds. The lowest BCUT2D eigenvalue weighted by Crippen LogP contribution is -2.47. The van der Waals surface area contributed by atoms with Gasteiger partial charge in [0.25, 0.3) is 5.56 Å². The van der Waals surface area contributed by atoms with Crippen LogP contribution in [0, 0.1) is 0 Å². The second-order valence-corrected chi connectivity index (χ2v) is 6.71. The van der Waals surface area contributed by atoms with Gasteiger partial charge in [0.15, 0.2) is 6.10 Å². The van der Waals surface area contributed by atoms with Gasteiger partial charge in [0, 0.05) is 11.6 Å². The number of halogens is 1. The maximum absolute atomic E-state index is 12.2. The smallest absolute Gasteiger partial charge is 0.333 e. The fourth-order valence-electron chi connectivity index (χ4n) is 2.44. The number of hydrogen-bond donors (Lipinski definition) is 4. The molecule has 1 aromatic heterocycles. The number of aliphatic hydroxyl groups is 1. The van der Waals surface area contributed by atoms with E-state index in [2.05, 4.69) is 12.0 Å². The number of aromatic amines is 1. The quantitative estimate of drug-likeness (QED) is 0.357. The van der Waals surface area contributed by atoms with E-state index in [9.17, 15) is 19.5 Å². The van der Waals surface area contributed by atoms with E-state index in [0.717, 1.165) is 22.8 Å². The molecule has 4 N–H and O–H groups in total. The Kier molecular flexibility index (Phi) is 7.54. The molecule has 1 aromatic carbocycles. The average molecular weight is 422 g/mol. The summed E-state index contributed by atoms with van der Waals surface area (Å²) in [4.78, 5) is 34.3. The zero-order valence-corrected chi connectivity index (χ0v) is 16.3. The molecule has 1 atom stereocenters. The van der Waals surface area contributed by atoms with Crippen LogP contribution < -0.4 is 11.0 Å². The Bertz CT molecular complexity index is 976. The fraction of sp³-hybridized carbons (Fsp3) is 0.211. The normalized spacial score (nSPS) is 12.6. The van der Waals surface area contributed by atoms with Crippen LogP contribution in [0.1, 0.15) is 28.6 Å². The van der Waals surface area contributed by atoms with E-state index in [1.54, 1.807) is 18.2 Å². The molecule has 0 bridgehead atoms. The summed E-state index contributed by atoms with van der Waals surface area (Å²) in [5.41, 5.74) is 4.38. The highest BCUT2D eigenvalue weighted by Crippen LogP contribution is 2.18. The number of rotatable bonds is 9. The highest BCUT2D eigenvalue weighted by Gasteiger charge is 2.22. The molecule has 2 aromatic rings. The van der Waals surface area contributed by atoms with Crippen molar-refractivity contribution < 1.29 is 24.3 Å². The molecular formula is C19H20ClN3O6. The molecule has 29 heavy (non-hydrogen) atoms. The number of aliphatic hydroxyl groups excluding tert-OH is 1. The number of carboxylic acid groups (broad SMARTS) is 1. The first kappa shape index (κ1) is 22.2. The molecule has 1 heterocycles. The maximum atomic E-state index is 12.2. The highest BCUT2D eigenvalue weighted by molar-refractivity contribution is 6.31. The number of aliphatic carboxylic acids is 1. The van der Waals surface area contributed by atoms with Gasteiger partial charge in [0.2, 0.25) is 5.76 Å². The molecule has 0 aliphatic rings. The van der Waals surface area contributed by atoms with Crippen LogP contribution in [0.4, 0.5) is 0 Å². The molecule has 154 valence electrons. The maximum Gasteiger partial charge on any atom is 0.333 e. The fourth-order valence-corrected chi connectivity index (χ4v) is 2.61. The van der Waals surface area contributed by atoms with Gasteiger partial charge < -0.3 is 14.7 Å². The van der Waals surface area contributed by atoms with Gasteiger partial charge in [-0.2, -0.15) is 5.16 Å². The first-order valence-electron chi connectivity index (χ1n) is 8.43. The number of nitrogens with zero attached hydrogens (tertiary/aromatic N) is 1. The van der Waals surface area contributed by atoms with Gasteiger partial charge in [-0.15, -0.1) is 0 Å². The molecule has 0 radical (unpaired) electrons. The number of carbonyl (C=O) groups excluding carboxylic acids is 1. The van der Waals surface area contributed by atoms with Gasteiger partial charge in [0.1, 0.15) is 0 Å². The Morgan fingerprint density at radius 1 is 1.38 bits per heavy atom. The molecule has 0 saturated heterocycles. The lowest BCUT2D eigenvalue weighted by Gasteiger charge is -2.24. The molecule has 0 saturated carbocycles. The number of carboxylic acids is 1. The van der Waals surface area contributed by atoms with Crippen molar-refractivity contribution in [1.82, 2.24) is 15.6 Å². The highest BCUT2D eigenvalue weighted by atomic mass is 35.5. The van der Waals surface area contributed by atoms with Crippen molar-refractivity contribution >= 4 is 29.1 Å². The van der Waals surface area contributed by atoms with Gasteiger partial charge >= 0.3 is 11.9 Å². The van der Waals surface area contributed by atoms with E-state index in [0.29, 0.717) is 5.03 Å². The van der Waals surface area contributed by atoms with Crippen molar-refractivity contribution in [2.24, 2.45) is 0 Å². The monoisotopic (exact) mass is 421 g/mol. The van der Waals surface area contributed by atoms with E-state index in [4.69, 9.17) is 21.2 Å². The standard InChI is InChI=1S/C19H20ClN3O6/c1-11(7-12(2)20)14-5-3-13(4-6-14)9-23(10-15(24)19(27)28)21-18(26)16-8-17(25)22-29-16/h3-8,15,24H,2,9-10H2,1H3,(H,21,26)(H,22,25)(H,27,28). The number of allylic oxidation sites excluding steroid dienone is 3. The summed E-state index contributed by atoms with van der Waals surface area (Å²) >= 11 is 5.78. The van der Waals surface area contributed by atoms with Gasteiger partial charge in [-0.05, 0) is 29.7 Å². The largest absolute Gasteiger partial charge is 0.479 e. The number of nitrogens with one attached hydrogen (secondary N) is 2. The summed E-state index contributed by atoms with van der Waals surface area (Å²) in [6, 6.07) is 8.19. The number of hydrogen-bond acceptors (Lipinski definition) is 6. The van der Waals surface area contributed by atoms with Crippen LogP contribution in [0.2, 0.25) is 0 Å². The van der Waals surface area contributed by atoms with Crippen molar-refractivity contribution in [3.8, 4) is 0 Å². The van der Waals surface area contributed by atoms with Crippen LogP contribution in [-0.2, 0) is 11.3 Å². The lowest BCUT2D eigenvalue weighted by molar-refractivity contribution is -0.148. The number of amides is 1. The third-order valence-corrected chi connectivity index (χ3v) is 3.95. The van der Waals surface area contributed by atoms with E-state index in [1.807, 2.05) is 24.2 Å². The van der Waals surface area contributed by atoms with Crippen molar-refractivity contribution in [3.05, 3.63) is 75.3 Å². The third kappa shape index (κ3) is 6.75. The van der Waals surface area contributed by atoms with Crippen molar-refractivity contribution in [2.75, 3.05) is 6.54 Å². The number of benzene rings is 1. The molecule has 0 aliphatic heterocycles. The predicted molar refractivity (Wildman–Crippen MR) is 106 cm³/mol. The topological polar surface area (TPSA) is 136 Å². The van der Waals surface area contributed by atoms with Crippen molar-refractivity contribution in [1.29, 1.82) is 0 Å². The van der Waals surface area contributed by atoms with Crippen molar-refractivity contribution in [3.63, 3.8) is 0 Å². The Morgan fingerprint density at radius 3 is 2.55 bits per heavy atom. The Morgan fingerprint density at radius 2 is 2.03 bits per heavy atom. The number of H-pyrrole nitrogens is 1. The lowest BCUT2D eigenvalue weighted by atomic mass is 10.0. The summed E-state index contributed by atoms with van der Waals surface area (Å²) in [6.45, 7) is 5.20. The Labute approximate surface area is 170 Å². The molecule has 0 spiro atoms. The Hall–Kier alpha value is -3.14. The molecular weight excluding hydrogens is 402 g/mol. The SMILES string of the molecule is C=C(Cl)C=C(C)c1ccc(CN(CC(O)C(=O)O)NC(=O)c2cc(=O)[nH]o2)cc1. The van der Waals surface area contributed by atoms with Gasteiger partial charge in [0.05, 0.1) is 12.6 Å². The van der Waals surface area contributed by atoms with Crippen LogP contribution in [0.3, 0.4) is 0 Å². The third-order valence-electron chi connectivity index (χ3n) is 3.84. The summed E-state index contributed by atoms with van der Waals surface area (Å²) in [7, 11) is 0. The zero-order valence-electron chi connectivity index (χ0n) is 15.5. The summed E-state index contributed by atoms with van der Waals surface area (Å²) < 4.78 is 4.72. The van der Waals surface area contributed by atoms with Crippen molar-refractivity contribution in [2.45, 2.75) is 19.6 Å². The molecule has 0 aliphatic carbocycles. The summed E-state index contributed by atoms with van der Waals surface area (Å²) in [5.74, 6) is -2.48. The van der Waals surface area contributed by atoms with E-state index in [-0.39, 0.29) is 18.8 Å². The first-order valence-corrected chi connectivity index (χ1v) is 8.81. The molecule has 1 unspecified atom stereocenters. The zero-order chi connectivity index (χ0) is 21.6. The number of aromatic nitrogens is 1. The van der Waals surface area contributed by atoms with Crippen LogP contribution >= 0.6 is 11.6 Å². The second kappa shape index (κ2) is 9.87. The summed E-state index contributed by atoms with van der Waals surface area (Å²) in [6.07, 6.45) is -0.00976. The number of hydrazine groups is 1. The average Bonchev–Trinajstić information content (AvgIpc) is 3.08. The van der Waals surface area contributed by atoms with Gasteiger partial charge in [-0.25, -0.2) is 9.80 Å². The van der Waals surface area contributed by atoms with E-state index in [1.165, 1.54) is 5.01 Å². The van der Waals surface area contributed by atoms with Crippen LogP contribution in [0.5, 0.6) is 0 Å². The van der Waals surface area contributed by atoms with E-state index < -0.39 is 23.5 Å². The van der Waals surface area contributed by atoms with E-state index >= 15 is 0 Å².